The molecular formula is C11H16ClN3O. The van der Waals surface area contributed by atoms with Crippen LogP contribution in [0, 0.1) is 5.92 Å². The van der Waals surface area contributed by atoms with Crippen LogP contribution in [0.3, 0.4) is 0 Å². The van der Waals surface area contributed by atoms with Crippen molar-refractivity contribution in [1.29, 1.82) is 0 Å². The van der Waals surface area contributed by atoms with Crippen molar-refractivity contribution in [3.05, 3.63) is 16.9 Å². The number of aromatic nitrogens is 2. The van der Waals surface area contributed by atoms with Gasteiger partial charge in [-0.25, -0.2) is 0 Å². The maximum atomic E-state index is 12.2. The second-order valence-corrected chi connectivity index (χ2v) is 4.87. The third-order valence-corrected chi connectivity index (χ3v) is 3.32. The highest BCUT2D eigenvalue weighted by molar-refractivity contribution is 6.33. The lowest BCUT2D eigenvalue weighted by molar-refractivity contribution is 0.0672. The monoisotopic (exact) mass is 241 g/mol. The summed E-state index contributed by atoms with van der Waals surface area (Å²) in [4.78, 5) is 14.1. The van der Waals surface area contributed by atoms with E-state index in [1.54, 1.807) is 11.7 Å². The lowest BCUT2D eigenvalue weighted by Gasteiger charge is -2.30. The van der Waals surface area contributed by atoms with Crippen molar-refractivity contribution in [2.75, 3.05) is 13.1 Å². The van der Waals surface area contributed by atoms with E-state index < -0.39 is 0 Å². The molecule has 1 fully saturated rings. The van der Waals surface area contributed by atoms with E-state index in [0.717, 1.165) is 19.5 Å². The topological polar surface area (TPSA) is 38.1 Å². The fraction of sp³-hybridized carbons (Fsp3) is 0.636. The van der Waals surface area contributed by atoms with Crippen molar-refractivity contribution in [2.24, 2.45) is 13.0 Å². The smallest absolute Gasteiger partial charge is 0.273 e. The second kappa shape index (κ2) is 4.45. The van der Waals surface area contributed by atoms with Crippen LogP contribution in [0.25, 0.3) is 0 Å². The van der Waals surface area contributed by atoms with Crippen molar-refractivity contribution in [3.63, 3.8) is 0 Å². The van der Waals surface area contributed by atoms with Gasteiger partial charge < -0.3 is 4.90 Å². The van der Waals surface area contributed by atoms with Gasteiger partial charge in [0.2, 0.25) is 0 Å². The molecular weight excluding hydrogens is 226 g/mol. The lowest BCUT2D eigenvalue weighted by Crippen LogP contribution is -2.40. The number of piperidine rings is 1. The summed E-state index contributed by atoms with van der Waals surface area (Å²) in [6.07, 6.45) is 3.79. The van der Waals surface area contributed by atoms with Crippen molar-refractivity contribution in [2.45, 2.75) is 19.8 Å². The van der Waals surface area contributed by atoms with Crippen LogP contribution in [0.1, 0.15) is 30.3 Å². The molecule has 1 aromatic heterocycles. The Hall–Kier alpha value is -1.03. The zero-order valence-electron chi connectivity index (χ0n) is 9.61. The van der Waals surface area contributed by atoms with Gasteiger partial charge in [0.05, 0.1) is 11.2 Å². The predicted octanol–water partition coefficient (Wildman–Crippen LogP) is 1.95. The summed E-state index contributed by atoms with van der Waals surface area (Å²) in [5, 5.41) is 4.42. The second-order valence-electron chi connectivity index (χ2n) is 4.46. The van der Waals surface area contributed by atoms with E-state index in [1.807, 2.05) is 4.90 Å². The molecule has 0 bridgehead atoms. The van der Waals surface area contributed by atoms with Gasteiger partial charge in [-0.1, -0.05) is 18.5 Å². The Bertz CT molecular complexity index is 382. The molecule has 0 radical (unpaired) electrons. The first-order valence-corrected chi connectivity index (χ1v) is 5.94. The van der Waals surface area contributed by atoms with Gasteiger partial charge in [-0.05, 0) is 18.8 Å². The van der Waals surface area contributed by atoms with Crippen LogP contribution >= 0.6 is 11.6 Å². The predicted molar refractivity (Wildman–Crippen MR) is 62.5 cm³/mol. The average Bonchev–Trinajstić information content (AvgIpc) is 2.58. The van der Waals surface area contributed by atoms with Crippen LogP contribution < -0.4 is 0 Å². The minimum Gasteiger partial charge on any atom is -0.337 e. The minimum atomic E-state index is -0.00319. The summed E-state index contributed by atoms with van der Waals surface area (Å²) in [6, 6.07) is 0. The molecule has 4 nitrogen and oxygen atoms in total. The van der Waals surface area contributed by atoms with Gasteiger partial charge in [0.15, 0.2) is 0 Å². The molecule has 5 heteroatoms. The zero-order chi connectivity index (χ0) is 11.7. The number of likely N-dealkylation sites (tertiary alicyclic amines) is 1. The summed E-state index contributed by atoms with van der Waals surface area (Å²) in [7, 11) is 1.74. The van der Waals surface area contributed by atoms with Gasteiger partial charge in [0.25, 0.3) is 5.91 Å². The molecule has 0 aliphatic carbocycles. The van der Waals surface area contributed by atoms with Crippen LogP contribution in [-0.2, 0) is 7.05 Å². The molecule has 1 aliphatic rings. The Morgan fingerprint density at radius 2 is 2.38 bits per heavy atom. The van der Waals surface area contributed by atoms with Gasteiger partial charge in [-0.2, -0.15) is 5.10 Å². The Morgan fingerprint density at radius 3 is 2.94 bits per heavy atom. The fourth-order valence-corrected chi connectivity index (χ4v) is 2.42. The molecule has 1 saturated heterocycles. The molecule has 88 valence electrons. The average molecular weight is 242 g/mol. The van der Waals surface area contributed by atoms with Gasteiger partial charge in [-0.15, -0.1) is 0 Å². The van der Waals surface area contributed by atoms with Crippen LogP contribution in [0.15, 0.2) is 6.20 Å². The van der Waals surface area contributed by atoms with E-state index >= 15 is 0 Å². The van der Waals surface area contributed by atoms with Crippen LogP contribution in [0.2, 0.25) is 5.02 Å². The highest BCUT2D eigenvalue weighted by Gasteiger charge is 2.25. The first kappa shape index (κ1) is 11.5. The normalized spacial score (nSPS) is 21.2. The lowest BCUT2D eigenvalue weighted by atomic mass is 10.00. The van der Waals surface area contributed by atoms with Crippen LogP contribution in [0.4, 0.5) is 0 Å². The van der Waals surface area contributed by atoms with Crippen molar-refractivity contribution >= 4 is 17.5 Å². The molecule has 2 heterocycles. The van der Waals surface area contributed by atoms with E-state index in [0.29, 0.717) is 16.6 Å². The number of carbonyl (C=O) groups is 1. The summed E-state index contributed by atoms with van der Waals surface area (Å²) in [5.74, 6) is 0.571. The van der Waals surface area contributed by atoms with Crippen molar-refractivity contribution in [1.82, 2.24) is 14.7 Å². The molecule has 1 aromatic rings. The third-order valence-electron chi connectivity index (χ3n) is 3.04. The van der Waals surface area contributed by atoms with Crippen molar-refractivity contribution in [3.8, 4) is 0 Å². The number of hydrogen-bond acceptors (Lipinski definition) is 2. The number of carbonyl (C=O) groups excluding carboxylic acids is 1. The number of rotatable bonds is 1. The quantitative estimate of drug-likeness (QED) is 0.754. The Kier molecular flexibility index (Phi) is 3.19. The van der Waals surface area contributed by atoms with Gasteiger partial charge in [0.1, 0.15) is 5.69 Å². The fourth-order valence-electron chi connectivity index (χ4n) is 2.17. The molecule has 0 spiro atoms. The first-order valence-electron chi connectivity index (χ1n) is 5.56. The van der Waals surface area contributed by atoms with Gasteiger partial charge in [-0.3, -0.25) is 9.48 Å². The number of amides is 1. The molecule has 2 rings (SSSR count). The molecule has 1 aliphatic heterocycles. The standard InChI is InChI=1S/C11H16ClN3O/c1-8-4-3-5-15(7-8)11(16)10-9(12)6-13-14(10)2/h6,8H,3-5,7H2,1-2H3/t8-/m0/s1. The number of nitrogens with zero attached hydrogens (tertiary/aromatic N) is 3. The molecule has 0 aromatic carbocycles. The van der Waals surface area contributed by atoms with Gasteiger partial charge >= 0.3 is 0 Å². The van der Waals surface area contributed by atoms with E-state index in [4.69, 9.17) is 11.6 Å². The van der Waals surface area contributed by atoms with Crippen molar-refractivity contribution < 1.29 is 4.79 Å². The molecule has 0 saturated carbocycles. The molecule has 0 N–H and O–H groups in total. The number of aryl methyl sites for hydroxylation is 1. The zero-order valence-corrected chi connectivity index (χ0v) is 10.4. The first-order chi connectivity index (χ1) is 7.59. The summed E-state index contributed by atoms with van der Waals surface area (Å²) >= 11 is 5.96. The highest BCUT2D eigenvalue weighted by atomic mass is 35.5. The SMILES string of the molecule is C[C@H]1CCCN(C(=O)c2c(Cl)cnn2C)C1. The maximum absolute atomic E-state index is 12.2. The maximum Gasteiger partial charge on any atom is 0.273 e. The molecule has 16 heavy (non-hydrogen) atoms. The van der Waals surface area contributed by atoms with E-state index in [2.05, 4.69) is 12.0 Å². The molecule has 1 atom stereocenters. The van der Waals surface area contributed by atoms with E-state index in [1.165, 1.54) is 12.6 Å². The third kappa shape index (κ3) is 2.07. The summed E-state index contributed by atoms with van der Waals surface area (Å²) in [6.45, 7) is 3.81. The Morgan fingerprint density at radius 1 is 1.62 bits per heavy atom. The van der Waals surface area contributed by atoms with Gasteiger partial charge in [0, 0.05) is 20.1 Å². The van der Waals surface area contributed by atoms with Crippen LogP contribution in [0.5, 0.6) is 0 Å². The summed E-state index contributed by atoms with van der Waals surface area (Å²) in [5.41, 5.74) is 0.496. The summed E-state index contributed by atoms with van der Waals surface area (Å²) < 4.78 is 1.55. The van der Waals surface area contributed by atoms with E-state index in [-0.39, 0.29) is 5.91 Å². The van der Waals surface area contributed by atoms with Crippen LogP contribution in [-0.4, -0.2) is 33.7 Å². The Balaban J connectivity index is 2.18. The highest BCUT2D eigenvalue weighted by Crippen LogP contribution is 2.21. The minimum absolute atomic E-state index is 0.00319. The van der Waals surface area contributed by atoms with E-state index in [9.17, 15) is 4.79 Å². The molecule has 1 amide bonds. The number of halogens is 1. The molecule has 0 unspecified atom stereocenters. The Labute approximate surface area is 100 Å². The number of hydrogen-bond donors (Lipinski definition) is 0. The largest absolute Gasteiger partial charge is 0.337 e.